The number of nitrogens with zero attached hydrogens (tertiary/aromatic N) is 3. The van der Waals surface area contributed by atoms with E-state index in [2.05, 4.69) is 122 Å². The number of aromatic nitrogens is 1. The lowest BCUT2D eigenvalue weighted by atomic mass is 9.90. The fourth-order valence-electron chi connectivity index (χ4n) is 5.60. The summed E-state index contributed by atoms with van der Waals surface area (Å²) in [7, 11) is 0. The highest BCUT2D eigenvalue weighted by Gasteiger charge is 2.22. The Bertz CT molecular complexity index is 1790. The second kappa shape index (κ2) is 10.7. The first-order valence-electron chi connectivity index (χ1n) is 13.9. The van der Waals surface area contributed by atoms with E-state index in [0.717, 1.165) is 64.6 Å². The van der Waals surface area contributed by atoms with E-state index in [-0.39, 0.29) is 0 Å². The van der Waals surface area contributed by atoms with Gasteiger partial charge in [-0.15, -0.1) is 11.3 Å². The van der Waals surface area contributed by atoms with Crippen LogP contribution < -0.4 is 14.8 Å². The van der Waals surface area contributed by atoms with Crippen molar-refractivity contribution >= 4 is 38.2 Å². The van der Waals surface area contributed by atoms with E-state index in [1.807, 2.05) is 0 Å². The maximum absolute atomic E-state index is 6.70. The maximum atomic E-state index is 6.70. The highest BCUT2D eigenvalue weighted by atomic mass is 32.1. The molecule has 39 heavy (non-hydrogen) atoms. The molecule has 0 saturated heterocycles. The molecule has 2 aliphatic rings. The Balaban J connectivity index is 1.68. The summed E-state index contributed by atoms with van der Waals surface area (Å²) in [5.74, 6) is 0.901. The Labute approximate surface area is 233 Å². The quantitative estimate of drug-likeness (QED) is 0.154. The van der Waals surface area contributed by atoms with Gasteiger partial charge in [-0.1, -0.05) is 36.4 Å². The largest absolute Gasteiger partial charge is 0.456 e. The molecular weight excluding hydrogens is 498 g/mol. The molecule has 4 nitrogen and oxygen atoms in total. The number of hydrogen-bond acceptors (Lipinski definition) is 4. The minimum atomic E-state index is 0.901. The zero-order valence-electron chi connectivity index (χ0n) is 23.1. The van der Waals surface area contributed by atoms with Crippen LogP contribution in [0.15, 0.2) is 89.3 Å². The standard InChI is InChI=1S/C34H34N3OS/c1-5-36(6-2)23-17-19-27-30(21-23)38-31-22-24(37(7-3)8-4)18-20-28(31)33(27)25-13-9-10-14-26(25)34-35-29-15-11-12-16-32(29)39-34/h9-22H,5-8H2,1-4H3/q+1. The van der Waals surface area contributed by atoms with Gasteiger partial charge in [-0.25, -0.2) is 9.56 Å². The van der Waals surface area contributed by atoms with E-state index < -0.39 is 0 Å². The molecular formula is C34H34N3OS+. The van der Waals surface area contributed by atoms with Gasteiger partial charge in [-0.3, -0.25) is 0 Å². The molecule has 0 unspecified atom stereocenters. The maximum Gasteiger partial charge on any atom is 0.203 e. The fraction of sp³-hybridized carbons (Fsp3) is 0.235. The number of benzene rings is 4. The van der Waals surface area contributed by atoms with Crippen molar-refractivity contribution in [1.82, 2.24) is 9.56 Å². The van der Waals surface area contributed by atoms with Gasteiger partial charge in [0.05, 0.1) is 16.3 Å². The second-order valence-electron chi connectivity index (χ2n) is 9.71. The molecule has 0 fully saturated rings. The molecule has 4 aromatic rings. The molecule has 0 amide bonds. The van der Waals surface area contributed by atoms with E-state index in [1.165, 1.54) is 26.9 Å². The minimum Gasteiger partial charge on any atom is -0.456 e. The van der Waals surface area contributed by atoms with Crippen LogP contribution >= 0.6 is 11.3 Å². The molecule has 5 heteroatoms. The smallest absolute Gasteiger partial charge is 0.203 e. The van der Waals surface area contributed by atoms with Gasteiger partial charge in [0.2, 0.25) is 5.36 Å². The van der Waals surface area contributed by atoms with Gasteiger partial charge < -0.3 is 9.32 Å². The van der Waals surface area contributed by atoms with Crippen molar-refractivity contribution in [2.75, 3.05) is 31.1 Å². The molecule has 0 bridgehead atoms. The Morgan fingerprint density at radius 3 is 2.26 bits per heavy atom. The number of thiazole rings is 1. The highest BCUT2D eigenvalue weighted by Crippen LogP contribution is 2.45. The van der Waals surface area contributed by atoms with Gasteiger partial charge in [0.1, 0.15) is 29.4 Å². The van der Waals surface area contributed by atoms with Crippen molar-refractivity contribution in [2.24, 2.45) is 0 Å². The summed E-state index contributed by atoms with van der Waals surface area (Å²) < 4.78 is 10.3. The third-order valence-electron chi connectivity index (χ3n) is 7.67. The summed E-state index contributed by atoms with van der Waals surface area (Å²) in [6, 6.07) is 30.4. The highest BCUT2D eigenvalue weighted by molar-refractivity contribution is 7.21. The summed E-state index contributed by atoms with van der Waals surface area (Å²) in [6.45, 7) is 12.6. The summed E-state index contributed by atoms with van der Waals surface area (Å²) in [5, 5.41) is 3.33. The number of hydrogen-bond donors (Lipinski definition) is 0. The van der Waals surface area contributed by atoms with Crippen LogP contribution in [-0.4, -0.2) is 31.2 Å². The van der Waals surface area contributed by atoms with Gasteiger partial charge >= 0.3 is 0 Å². The zero-order valence-corrected chi connectivity index (χ0v) is 23.9. The topological polar surface area (TPSA) is 32.3 Å². The first-order chi connectivity index (χ1) is 19.1. The van der Waals surface area contributed by atoms with Crippen LogP contribution in [0.1, 0.15) is 27.7 Å². The molecule has 0 atom stereocenters. The van der Waals surface area contributed by atoms with Crippen LogP contribution in [0, 0.1) is 0 Å². The van der Waals surface area contributed by atoms with Crippen LogP contribution in [0.2, 0.25) is 0 Å². The lowest BCUT2D eigenvalue weighted by Gasteiger charge is -2.22. The van der Waals surface area contributed by atoms with Crippen molar-refractivity contribution in [3.05, 3.63) is 90.3 Å². The van der Waals surface area contributed by atoms with Crippen molar-refractivity contribution < 1.29 is 4.42 Å². The average molecular weight is 533 g/mol. The van der Waals surface area contributed by atoms with Gasteiger partial charge in [0, 0.05) is 53.0 Å². The third-order valence-corrected chi connectivity index (χ3v) is 8.74. The SMILES string of the molecule is CCN(CC)c1ccc2c(-c3ccccc3-c3nc4ccccc4s3)c3ccc(=[N+](CC)CC)cc-3oc2c1. The van der Waals surface area contributed by atoms with Gasteiger partial charge in [-0.2, -0.15) is 0 Å². The van der Waals surface area contributed by atoms with Crippen LogP contribution in [0.4, 0.5) is 5.69 Å². The predicted octanol–water partition coefficient (Wildman–Crippen LogP) is 8.14. The van der Waals surface area contributed by atoms with E-state index in [0.29, 0.717) is 0 Å². The van der Waals surface area contributed by atoms with Crippen LogP contribution in [-0.2, 0) is 0 Å². The molecule has 3 aromatic carbocycles. The monoisotopic (exact) mass is 532 g/mol. The number of para-hydroxylation sites is 1. The van der Waals surface area contributed by atoms with Gasteiger partial charge in [0.15, 0.2) is 0 Å². The summed E-state index contributed by atoms with van der Waals surface area (Å²) in [6.07, 6.45) is 0. The zero-order chi connectivity index (χ0) is 26.9. The molecule has 1 aliphatic heterocycles. The predicted molar refractivity (Wildman–Crippen MR) is 167 cm³/mol. The van der Waals surface area contributed by atoms with Crippen molar-refractivity contribution in [3.8, 4) is 33.0 Å². The molecule has 2 heterocycles. The third kappa shape index (κ3) is 4.51. The Hall–Kier alpha value is -3.96. The number of fused-ring (bicyclic) bond motifs is 3. The Kier molecular flexibility index (Phi) is 6.92. The molecule has 0 spiro atoms. The van der Waals surface area contributed by atoms with Crippen LogP contribution in [0.25, 0.3) is 54.2 Å². The fourth-order valence-corrected chi connectivity index (χ4v) is 6.61. The average Bonchev–Trinajstić information content (AvgIpc) is 3.41. The Morgan fingerprint density at radius 1 is 0.769 bits per heavy atom. The van der Waals surface area contributed by atoms with Crippen molar-refractivity contribution in [3.63, 3.8) is 0 Å². The van der Waals surface area contributed by atoms with E-state index in [9.17, 15) is 0 Å². The summed E-state index contributed by atoms with van der Waals surface area (Å²) in [4.78, 5) is 7.39. The normalized spacial score (nSPS) is 11.5. The second-order valence-corrected chi connectivity index (χ2v) is 10.7. The van der Waals surface area contributed by atoms with E-state index in [1.54, 1.807) is 11.3 Å². The summed E-state index contributed by atoms with van der Waals surface area (Å²) >= 11 is 1.75. The van der Waals surface area contributed by atoms with E-state index >= 15 is 0 Å². The lowest BCUT2D eigenvalue weighted by molar-refractivity contribution is 0.604. The van der Waals surface area contributed by atoms with Crippen molar-refractivity contribution in [2.45, 2.75) is 27.7 Å². The number of anilines is 1. The molecule has 6 rings (SSSR count). The summed E-state index contributed by atoms with van der Waals surface area (Å²) in [5.41, 5.74) is 7.75. The molecule has 1 aromatic heterocycles. The van der Waals surface area contributed by atoms with Crippen LogP contribution in [0.3, 0.4) is 0 Å². The number of rotatable bonds is 7. The lowest BCUT2D eigenvalue weighted by Crippen LogP contribution is -2.29. The molecule has 0 N–H and O–H groups in total. The molecule has 0 saturated carbocycles. The van der Waals surface area contributed by atoms with Crippen LogP contribution in [0.5, 0.6) is 0 Å². The molecule has 196 valence electrons. The first kappa shape index (κ1) is 25.3. The Morgan fingerprint density at radius 2 is 1.51 bits per heavy atom. The van der Waals surface area contributed by atoms with Gasteiger partial charge in [0.25, 0.3) is 0 Å². The van der Waals surface area contributed by atoms with Crippen molar-refractivity contribution in [1.29, 1.82) is 0 Å². The van der Waals surface area contributed by atoms with Gasteiger partial charge in [-0.05, 0) is 63.6 Å². The molecule has 1 aliphatic carbocycles. The van der Waals surface area contributed by atoms with E-state index in [4.69, 9.17) is 9.40 Å². The first-order valence-corrected chi connectivity index (χ1v) is 14.8. The molecule has 0 radical (unpaired) electrons. The minimum absolute atomic E-state index is 0.901.